The van der Waals surface area contributed by atoms with E-state index in [1.807, 2.05) is 0 Å². The Bertz CT molecular complexity index is 405. The summed E-state index contributed by atoms with van der Waals surface area (Å²) < 4.78 is 5.79. The number of rotatable bonds is 8. The third kappa shape index (κ3) is 4.97. The van der Waals surface area contributed by atoms with Gasteiger partial charge >= 0.3 is 0 Å². The number of hydrogen-bond donors (Lipinski definition) is 0. The Morgan fingerprint density at radius 3 is 2.30 bits per heavy atom. The van der Waals surface area contributed by atoms with Crippen molar-refractivity contribution in [3.05, 3.63) is 66.3 Å². The van der Waals surface area contributed by atoms with E-state index in [1.54, 1.807) is 0 Å². The van der Waals surface area contributed by atoms with Gasteiger partial charge in [0.1, 0.15) is 6.10 Å². The van der Waals surface area contributed by atoms with Crippen molar-refractivity contribution in [1.82, 2.24) is 0 Å². The van der Waals surface area contributed by atoms with Gasteiger partial charge in [-0.15, -0.1) is 0 Å². The molecule has 0 bridgehead atoms. The minimum absolute atomic E-state index is 0.383. The van der Waals surface area contributed by atoms with E-state index in [0.29, 0.717) is 5.92 Å². The number of allylic oxidation sites excluding steroid dienone is 2. The zero-order valence-corrected chi connectivity index (χ0v) is 12.4. The second-order valence-electron chi connectivity index (χ2n) is 5.32. The highest BCUT2D eigenvalue weighted by atomic mass is 16.5. The van der Waals surface area contributed by atoms with Crippen LogP contribution >= 0.6 is 0 Å². The first-order chi connectivity index (χ1) is 9.90. The van der Waals surface area contributed by atoms with Crippen molar-refractivity contribution < 1.29 is 4.74 Å². The third-order valence-electron chi connectivity index (χ3n) is 3.64. The van der Waals surface area contributed by atoms with Crippen molar-refractivity contribution in [1.29, 1.82) is 0 Å². The quantitative estimate of drug-likeness (QED) is 0.573. The number of benzene rings is 1. The van der Waals surface area contributed by atoms with Crippen LogP contribution in [0.25, 0.3) is 0 Å². The van der Waals surface area contributed by atoms with Crippen molar-refractivity contribution in [2.45, 2.75) is 44.9 Å². The van der Waals surface area contributed by atoms with Crippen LogP contribution < -0.4 is 0 Å². The van der Waals surface area contributed by atoms with Crippen LogP contribution in [-0.2, 0) is 4.74 Å². The van der Waals surface area contributed by atoms with Crippen LogP contribution in [0.1, 0.15) is 50.5 Å². The summed E-state index contributed by atoms with van der Waals surface area (Å²) in [5, 5.41) is 0. The van der Waals surface area contributed by atoms with Crippen LogP contribution in [-0.4, -0.2) is 6.61 Å². The first kappa shape index (κ1) is 15.1. The van der Waals surface area contributed by atoms with Crippen LogP contribution in [0.3, 0.4) is 0 Å². The van der Waals surface area contributed by atoms with E-state index >= 15 is 0 Å². The maximum atomic E-state index is 5.79. The summed E-state index contributed by atoms with van der Waals surface area (Å²) in [4.78, 5) is 0. The van der Waals surface area contributed by atoms with E-state index in [1.165, 1.54) is 31.2 Å². The molecule has 2 rings (SSSR count). The molecule has 107 valence electrons. The van der Waals surface area contributed by atoms with Gasteiger partial charge in [0.05, 0.1) is 0 Å². The van der Waals surface area contributed by atoms with Gasteiger partial charge in [0.15, 0.2) is 0 Å². The van der Waals surface area contributed by atoms with Crippen LogP contribution in [0.4, 0.5) is 0 Å². The van der Waals surface area contributed by atoms with Gasteiger partial charge in [-0.1, -0.05) is 75.1 Å². The molecule has 0 N–H and O–H groups in total. The van der Waals surface area contributed by atoms with Gasteiger partial charge in [0, 0.05) is 12.5 Å². The second-order valence-corrected chi connectivity index (χ2v) is 5.32. The molecule has 0 saturated heterocycles. The molecule has 1 aromatic rings. The maximum absolute atomic E-state index is 5.79. The molecule has 1 nitrogen and oxygen atoms in total. The molecule has 0 saturated carbocycles. The predicted molar refractivity (Wildman–Crippen MR) is 85.4 cm³/mol. The SMILES string of the molecule is CCCCCCCO[C]1C=CC(c2ccccc2)C=C1. The molecule has 1 heteroatoms. The Kier molecular flexibility index (Phi) is 6.59. The van der Waals surface area contributed by atoms with Crippen molar-refractivity contribution >= 4 is 0 Å². The highest BCUT2D eigenvalue weighted by Gasteiger charge is 2.11. The van der Waals surface area contributed by atoms with Crippen molar-refractivity contribution in [2.75, 3.05) is 6.61 Å². The van der Waals surface area contributed by atoms with Crippen LogP contribution in [0.2, 0.25) is 0 Å². The fraction of sp³-hybridized carbons (Fsp3) is 0.421. The minimum Gasteiger partial charge on any atom is -0.363 e. The molecule has 0 atom stereocenters. The molecule has 0 fully saturated rings. The largest absolute Gasteiger partial charge is 0.363 e. The lowest BCUT2D eigenvalue weighted by Crippen LogP contribution is -2.04. The molecule has 0 spiro atoms. The summed E-state index contributed by atoms with van der Waals surface area (Å²) in [5.41, 5.74) is 1.33. The lowest BCUT2D eigenvalue weighted by molar-refractivity contribution is 0.176. The zero-order chi connectivity index (χ0) is 14.0. The van der Waals surface area contributed by atoms with Crippen molar-refractivity contribution in [3.8, 4) is 0 Å². The fourth-order valence-electron chi connectivity index (χ4n) is 2.41. The van der Waals surface area contributed by atoms with Crippen LogP contribution in [0, 0.1) is 6.10 Å². The third-order valence-corrected chi connectivity index (χ3v) is 3.64. The maximum Gasteiger partial charge on any atom is 0.140 e. The smallest absolute Gasteiger partial charge is 0.140 e. The fourth-order valence-corrected chi connectivity index (χ4v) is 2.41. The Labute approximate surface area is 123 Å². The summed E-state index contributed by atoms with van der Waals surface area (Å²) in [6.45, 7) is 3.08. The van der Waals surface area contributed by atoms with Gasteiger partial charge < -0.3 is 4.74 Å². The summed E-state index contributed by atoms with van der Waals surface area (Å²) in [7, 11) is 0. The minimum atomic E-state index is 0.383. The number of unbranched alkanes of at least 4 members (excludes halogenated alkanes) is 4. The van der Waals surface area contributed by atoms with E-state index in [4.69, 9.17) is 4.74 Å². The monoisotopic (exact) mass is 269 g/mol. The van der Waals surface area contributed by atoms with Gasteiger partial charge in [-0.25, -0.2) is 0 Å². The first-order valence-electron chi connectivity index (χ1n) is 7.81. The van der Waals surface area contributed by atoms with Crippen LogP contribution in [0.15, 0.2) is 54.6 Å². The molecule has 0 amide bonds. The van der Waals surface area contributed by atoms with E-state index in [2.05, 4.69) is 61.6 Å². The number of hydrogen-bond acceptors (Lipinski definition) is 1. The molecule has 20 heavy (non-hydrogen) atoms. The normalized spacial score (nSPS) is 15.8. The van der Waals surface area contributed by atoms with E-state index in [9.17, 15) is 0 Å². The topological polar surface area (TPSA) is 9.23 Å². The molecular weight excluding hydrogens is 244 g/mol. The summed E-state index contributed by atoms with van der Waals surface area (Å²) in [6, 6.07) is 10.6. The lowest BCUT2D eigenvalue weighted by atomic mass is 9.94. The standard InChI is InChI=1S/C19H25O/c1-2-3-4-5-9-16-20-19-14-12-18(13-15-19)17-10-7-6-8-11-17/h6-8,10-15,18H,2-5,9,16H2,1H3. The molecule has 1 radical (unpaired) electrons. The van der Waals surface area contributed by atoms with Crippen LogP contribution in [0.5, 0.6) is 0 Å². The Hall–Kier alpha value is -1.34. The molecule has 0 aromatic heterocycles. The molecule has 0 aliphatic heterocycles. The predicted octanol–water partition coefficient (Wildman–Crippen LogP) is 5.42. The Balaban J connectivity index is 1.67. The van der Waals surface area contributed by atoms with Gasteiger partial charge in [-0.05, 0) is 24.1 Å². The first-order valence-corrected chi connectivity index (χ1v) is 7.81. The summed E-state index contributed by atoms with van der Waals surface area (Å²) >= 11 is 0. The summed E-state index contributed by atoms with van der Waals surface area (Å²) in [6.07, 6.45) is 16.0. The molecule has 1 aliphatic carbocycles. The highest BCUT2D eigenvalue weighted by molar-refractivity contribution is 5.36. The van der Waals surface area contributed by atoms with Crippen molar-refractivity contribution in [2.24, 2.45) is 0 Å². The van der Waals surface area contributed by atoms with Gasteiger partial charge in [-0.2, -0.15) is 0 Å². The molecule has 1 aromatic carbocycles. The van der Waals surface area contributed by atoms with E-state index < -0.39 is 0 Å². The average molecular weight is 269 g/mol. The highest BCUT2D eigenvalue weighted by Crippen LogP contribution is 2.25. The van der Waals surface area contributed by atoms with Gasteiger partial charge in [0.25, 0.3) is 0 Å². The Morgan fingerprint density at radius 2 is 1.60 bits per heavy atom. The van der Waals surface area contributed by atoms with Gasteiger partial charge in [-0.3, -0.25) is 0 Å². The molecular formula is C19H25O. The number of ether oxygens (including phenoxy) is 1. The second kappa shape index (κ2) is 8.76. The zero-order valence-electron chi connectivity index (χ0n) is 12.4. The molecule has 1 aliphatic rings. The molecule has 0 heterocycles. The average Bonchev–Trinajstić information content (AvgIpc) is 2.52. The molecule has 0 unspecified atom stereocenters. The lowest BCUT2D eigenvalue weighted by Gasteiger charge is -2.16. The Morgan fingerprint density at radius 1 is 0.900 bits per heavy atom. The van der Waals surface area contributed by atoms with Gasteiger partial charge in [0.2, 0.25) is 0 Å². The van der Waals surface area contributed by atoms with Crippen molar-refractivity contribution in [3.63, 3.8) is 0 Å². The van der Waals surface area contributed by atoms with E-state index in [-0.39, 0.29) is 0 Å². The van der Waals surface area contributed by atoms with E-state index in [0.717, 1.165) is 19.1 Å². The summed E-state index contributed by atoms with van der Waals surface area (Å²) in [5.74, 6) is 0.383.